The van der Waals surface area contributed by atoms with E-state index in [0.717, 1.165) is 11.1 Å². The number of nitrogens with zero attached hydrogens (tertiary/aromatic N) is 2. The molecular formula is C14H13N3O2S. The number of thioether (sulfide) groups is 1. The summed E-state index contributed by atoms with van der Waals surface area (Å²) in [6, 6.07) is 5.03. The third-order valence-electron chi connectivity index (χ3n) is 3.42. The molecule has 1 aliphatic rings. The van der Waals surface area contributed by atoms with Gasteiger partial charge in [0.1, 0.15) is 5.37 Å². The lowest BCUT2D eigenvalue weighted by Crippen LogP contribution is -2.21. The molecule has 3 rings (SSSR count). The monoisotopic (exact) mass is 287 g/mol. The molecular weight excluding hydrogens is 274 g/mol. The van der Waals surface area contributed by atoms with Crippen LogP contribution >= 0.6 is 11.8 Å². The van der Waals surface area contributed by atoms with Crippen LogP contribution in [0.5, 0.6) is 0 Å². The summed E-state index contributed by atoms with van der Waals surface area (Å²) in [6.07, 6.45) is 5.29. The quantitative estimate of drug-likeness (QED) is 0.916. The molecule has 20 heavy (non-hydrogen) atoms. The van der Waals surface area contributed by atoms with E-state index in [2.05, 4.69) is 9.97 Å². The molecule has 1 N–H and O–H groups in total. The van der Waals surface area contributed by atoms with Gasteiger partial charge >= 0.3 is 0 Å². The number of pyridine rings is 2. The Morgan fingerprint density at radius 3 is 2.65 bits per heavy atom. The lowest BCUT2D eigenvalue weighted by molar-refractivity contribution is 0.0813. The molecule has 3 heterocycles. The Morgan fingerprint density at radius 2 is 2.00 bits per heavy atom. The molecule has 0 unspecified atom stereocenters. The van der Waals surface area contributed by atoms with Gasteiger partial charge in [0, 0.05) is 36.6 Å². The van der Waals surface area contributed by atoms with E-state index in [1.807, 2.05) is 18.4 Å². The average molecular weight is 287 g/mol. The zero-order valence-corrected chi connectivity index (χ0v) is 11.9. The summed E-state index contributed by atoms with van der Waals surface area (Å²) in [6.45, 7) is 0. The zero-order chi connectivity index (χ0) is 14.3. The fourth-order valence-electron chi connectivity index (χ4n) is 2.52. The van der Waals surface area contributed by atoms with Crippen molar-refractivity contribution in [2.24, 2.45) is 0 Å². The Bertz CT molecular complexity index is 727. The zero-order valence-electron chi connectivity index (χ0n) is 11.1. The van der Waals surface area contributed by atoms with Crippen molar-refractivity contribution in [1.29, 1.82) is 0 Å². The molecule has 0 radical (unpaired) electrons. The lowest BCUT2D eigenvalue weighted by Gasteiger charge is -2.19. The number of H-pyrrole nitrogens is 1. The van der Waals surface area contributed by atoms with E-state index in [-0.39, 0.29) is 16.8 Å². The minimum Gasteiger partial charge on any atom is -0.325 e. The van der Waals surface area contributed by atoms with Gasteiger partial charge in [0.05, 0.1) is 11.3 Å². The predicted octanol–water partition coefficient (Wildman–Crippen LogP) is 1.88. The summed E-state index contributed by atoms with van der Waals surface area (Å²) < 4.78 is 0. The van der Waals surface area contributed by atoms with Crippen molar-refractivity contribution in [3.63, 3.8) is 0 Å². The summed E-state index contributed by atoms with van der Waals surface area (Å²) >= 11 is 1.57. The fraction of sp³-hybridized carbons (Fsp3) is 0.214. The van der Waals surface area contributed by atoms with Crippen molar-refractivity contribution in [3.8, 4) is 11.3 Å². The van der Waals surface area contributed by atoms with Gasteiger partial charge in [-0.3, -0.25) is 14.6 Å². The number of aromatic amines is 1. The van der Waals surface area contributed by atoms with Gasteiger partial charge in [0.2, 0.25) is 5.56 Å². The Labute approximate surface area is 120 Å². The van der Waals surface area contributed by atoms with E-state index in [0.29, 0.717) is 11.3 Å². The maximum atomic E-state index is 12.2. The van der Waals surface area contributed by atoms with Gasteiger partial charge in [-0.2, -0.15) is 0 Å². The first-order chi connectivity index (χ1) is 9.63. The average Bonchev–Trinajstić information content (AvgIpc) is 2.71. The van der Waals surface area contributed by atoms with Gasteiger partial charge in [-0.1, -0.05) is 0 Å². The van der Waals surface area contributed by atoms with E-state index < -0.39 is 0 Å². The van der Waals surface area contributed by atoms with Crippen LogP contribution in [-0.2, 0) is 0 Å². The largest absolute Gasteiger partial charge is 0.325 e. The van der Waals surface area contributed by atoms with Gasteiger partial charge < -0.3 is 9.88 Å². The lowest BCUT2D eigenvalue weighted by atomic mass is 10.0. The molecule has 0 fully saturated rings. The normalized spacial score (nSPS) is 17.4. The van der Waals surface area contributed by atoms with E-state index in [4.69, 9.17) is 0 Å². The number of carbonyl (C=O) groups is 1. The number of fused-ring (bicyclic) bond motifs is 1. The SMILES string of the molecule is CS[C@@H]1c2c(cc(=O)[nH]c2-c2ccncc2)C(=O)N1C. The third kappa shape index (κ3) is 1.84. The van der Waals surface area contributed by atoms with E-state index >= 15 is 0 Å². The fourth-order valence-corrected chi connectivity index (χ4v) is 3.41. The molecule has 0 spiro atoms. The molecule has 0 bridgehead atoms. The van der Waals surface area contributed by atoms with Crippen molar-refractivity contribution >= 4 is 17.7 Å². The van der Waals surface area contributed by atoms with Crippen molar-refractivity contribution in [3.05, 3.63) is 52.1 Å². The minimum absolute atomic E-state index is 0.0856. The maximum Gasteiger partial charge on any atom is 0.255 e. The topological polar surface area (TPSA) is 66.1 Å². The smallest absolute Gasteiger partial charge is 0.255 e. The molecule has 0 aromatic carbocycles. The first-order valence-corrected chi connectivity index (χ1v) is 7.40. The summed E-state index contributed by atoms with van der Waals surface area (Å²) in [5, 5.41) is -0.0856. The second-order valence-corrected chi connectivity index (χ2v) is 5.49. The van der Waals surface area contributed by atoms with Crippen LogP contribution in [0.4, 0.5) is 0 Å². The summed E-state index contributed by atoms with van der Waals surface area (Å²) in [5.74, 6) is -0.110. The number of amides is 1. The van der Waals surface area contributed by atoms with Crippen LogP contribution in [0.3, 0.4) is 0 Å². The van der Waals surface area contributed by atoms with Crippen LogP contribution < -0.4 is 5.56 Å². The molecule has 6 heteroatoms. The van der Waals surface area contributed by atoms with Crippen LogP contribution in [0.2, 0.25) is 0 Å². The van der Waals surface area contributed by atoms with E-state index in [1.54, 1.807) is 36.1 Å². The van der Waals surface area contributed by atoms with Crippen LogP contribution in [-0.4, -0.2) is 34.1 Å². The van der Waals surface area contributed by atoms with Crippen LogP contribution in [0.1, 0.15) is 21.3 Å². The molecule has 1 aliphatic heterocycles. The van der Waals surface area contributed by atoms with Crippen LogP contribution in [0.15, 0.2) is 35.4 Å². The Hall–Kier alpha value is -2.08. The van der Waals surface area contributed by atoms with Crippen LogP contribution in [0.25, 0.3) is 11.3 Å². The van der Waals surface area contributed by atoms with Gasteiger partial charge in [-0.05, 0) is 18.4 Å². The van der Waals surface area contributed by atoms with Gasteiger partial charge in [0.25, 0.3) is 5.91 Å². The molecule has 2 aromatic rings. The number of carbonyl (C=O) groups excluding carboxylic acids is 1. The first-order valence-electron chi connectivity index (χ1n) is 6.11. The molecule has 0 saturated carbocycles. The van der Waals surface area contributed by atoms with Crippen molar-refractivity contribution in [1.82, 2.24) is 14.9 Å². The highest BCUT2D eigenvalue weighted by Gasteiger charge is 2.36. The molecule has 0 aliphatic carbocycles. The third-order valence-corrected chi connectivity index (χ3v) is 4.42. The second-order valence-electron chi connectivity index (χ2n) is 4.58. The number of nitrogens with one attached hydrogen (secondary N) is 1. The second kappa shape index (κ2) is 4.79. The highest BCUT2D eigenvalue weighted by Crippen LogP contribution is 2.42. The molecule has 1 amide bonds. The Kier molecular flexibility index (Phi) is 3.10. The molecule has 102 valence electrons. The molecule has 0 saturated heterocycles. The summed E-state index contributed by atoms with van der Waals surface area (Å²) in [7, 11) is 1.75. The minimum atomic E-state index is -0.265. The highest BCUT2D eigenvalue weighted by atomic mass is 32.2. The summed E-state index contributed by atoms with van der Waals surface area (Å²) in [5.41, 5.74) is 2.65. The highest BCUT2D eigenvalue weighted by molar-refractivity contribution is 7.98. The molecule has 5 nitrogen and oxygen atoms in total. The molecule has 1 atom stereocenters. The van der Waals surface area contributed by atoms with Gasteiger partial charge in [-0.15, -0.1) is 11.8 Å². The standard InChI is InChI=1S/C14H13N3O2S/c1-17-13(19)9-7-10(18)16-12(11(9)14(17)20-2)8-3-5-15-6-4-8/h3-7,14H,1-2H3,(H,16,18)/t14-/m1/s1. The number of hydrogen-bond donors (Lipinski definition) is 1. The number of aromatic nitrogens is 2. The Balaban J connectivity index is 2.31. The van der Waals surface area contributed by atoms with Gasteiger partial charge in [0.15, 0.2) is 0 Å². The number of hydrogen-bond acceptors (Lipinski definition) is 4. The number of rotatable bonds is 2. The molecule has 2 aromatic heterocycles. The first kappa shape index (κ1) is 12.9. The van der Waals surface area contributed by atoms with Crippen molar-refractivity contribution in [2.45, 2.75) is 5.37 Å². The Morgan fingerprint density at radius 1 is 1.30 bits per heavy atom. The summed E-state index contributed by atoms with van der Waals surface area (Å²) in [4.78, 5) is 32.6. The van der Waals surface area contributed by atoms with Crippen LogP contribution in [0, 0.1) is 0 Å². The van der Waals surface area contributed by atoms with Crippen molar-refractivity contribution < 1.29 is 4.79 Å². The van der Waals surface area contributed by atoms with Gasteiger partial charge in [-0.25, -0.2) is 0 Å². The van der Waals surface area contributed by atoms with E-state index in [9.17, 15) is 9.59 Å². The van der Waals surface area contributed by atoms with E-state index in [1.165, 1.54) is 6.07 Å². The predicted molar refractivity (Wildman–Crippen MR) is 78.6 cm³/mol. The van der Waals surface area contributed by atoms with Crippen molar-refractivity contribution in [2.75, 3.05) is 13.3 Å². The maximum absolute atomic E-state index is 12.2.